The Bertz CT molecular complexity index is 1120. The van der Waals surface area contributed by atoms with E-state index in [-0.39, 0.29) is 10.5 Å². The Balaban J connectivity index is 2.14. The van der Waals surface area contributed by atoms with Crippen LogP contribution in [-0.4, -0.2) is 13.0 Å². The summed E-state index contributed by atoms with van der Waals surface area (Å²) in [5, 5.41) is 0. The van der Waals surface area contributed by atoms with Crippen molar-refractivity contribution >= 4 is 26.8 Å². The highest BCUT2D eigenvalue weighted by Crippen LogP contribution is 2.28. The molecule has 0 atom stereocenters. The molecular weight excluding hydrogens is 340 g/mol. The van der Waals surface area contributed by atoms with Gasteiger partial charge < -0.3 is 4.42 Å². The maximum Gasteiger partial charge on any atom is 0.419 e. The van der Waals surface area contributed by atoms with Crippen LogP contribution in [0.1, 0.15) is 23.6 Å². The number of aryl methyl sites for hydroxylation is 4. The SMILES string of the molecule is CCc1cccc(C)c1NS(=O)(=O)c1cc2oc(=O)n(C)c2cc1C. The molecule has 0 saturated carbocycles. The van der Waals surface area contributed by atoms with E-state index in [9.17, 15) is 13.2 Å². The van der Waals surface area contributed by atoms with E-state index in [1.165, 1.54) is 10.6 Å². The first-order chi connectivity index (χ1) is 11.7. The molecule has 0 amide bonds. The number of oxazole rings is 1. The van der Waals surface area contributed by atoms with Gasteiger partial charge in [-0.3, -0.25) is 9.29 Å². The van der Waals surface area contributed by atoms with Gasteiger partial charge >= 0.3 is 5.76 Å². The van der Waals surface area contributed by atoms with Crippen molar-refractivity contribution in [3.8, 4) is 0 Å². The van der Waals surface area contributed by atoms with Gasteiger partial charge in [0.05, 0.1) is 16.1 Å². The van der Waals surface area contributed by atoms with E-state index < -0.39 is 15.8 Å². The van der Waals surface area contributed by atoms with Gasteiger partial charge in [-0.05, 0) is 43.0 Å². The van der Waals surface area contributed by atoms with E-state index in [4.69, 9.17) is 4.42 Å². The smallest absolute Gasteiger partial charge is 0.408 e. The quantitative estimate of drug-likeness (QED) is 0.775. The monoisotopic (exact) mass is 360 g/mol. The van der Waals surface area contributed by atoms with Crippen molar-refractivity contribution in [2.24, 2.45) is 7.05 Å². The summed E-state index contributed by atoms with van der Waals surface area (Å²) in [4.78, 5) is 11.8. The first-order valence-electron chi connectivity index (χ1n) is 7.96. The van der Waals surface area contributed by atoms with Gasteiger partial charge in [-0.1, -0.05) is 25.1 Å². The molecule has 0 aliphatic heterocycles. The minimum absolute atomic E-state index is 0.0969. The van der Waals surface area contributed by atoms with E-state index in [2.05, 4.69) is 4.72 Å². The lowest BCUT2D eigenvalue weighted by molar-refractivity contribution is 0.527. The van der Waals surface area contributed by atoms with Gasteiger partial charge in [0, 0.05) is 13.1 Å². The first kappa shape index (κ1) is 17.3. The van der Waals surface area contributed by atoms with Crippen LogP contribution in [0.4, 0.5) is 5.69 Å². The van der Waals surface area contributed by atoms with Gasteiger partial charge in [0.15, 0.2) is 5.58 Å². The second-order valence-corrected chi connectivity index (χ2v) is 7.73. The molecule has 7 heteroatoms. The van der Waals surface area contributed by atoms with Crippen LogP contribution in [0.25, 0.3) is 11.1 Å². The van der Waals surface area contributed by atoms with E-state index in [0.717, 1.165) is 11.1 Å². The second-order valence-electron chi connectivity index (χ2n) is 6.08. The number of fused-ring (bicyclic) bond motifs is 1. The van der Waals surface area contributed by atoms with Gasteiger partial charge in [0.2, 0.25) is 0 Å². The summed E-state index contributed by atoms with van der Waals surface area (Å²) >= 11 is 0. The van der Waals surface area contributed by atoms with Crippen LogP contribution in [0.2, 0.25) is 0 Å². The molecule has 1 N–H and O–H groups in total. The Morgan fingerprint density at radius 2 is 1.88 bits per heavy atom. The lowest BCUT2D eigenvalue weighted by Crippen LogP contribution is -2.16. The molecule has 0 aliphatic rings. The number of anilines is 1. The molecule has 0 bridgehead atoms. The molecule has 132 valence electrons. The largest absolute Gasteiger partial charge is 0.419 e. The molecule has 0 aliphatic carbocycles. The van der Waals surface area contributed by atoms with Crippen LogP contribution in [0.3, 0.4) is 0 Å². The Labute approximate surface area is 146 Å². The van der Waals surface area contributed by atoms with Crippen LogP contribution in [-0.2, 0) is 23.5 Å². The maximum atomic E-state index is 12.9. The minimum Gasteiger partial charge on any atom is -0.408 e. The fourth-order valence-corrected chi connectivity index (χ4v) is 4.32. The number of benzene rings is 2. The van der Waals surface area contributed by atoms with Crippen molar-refractivity contribution < 1.29 is 12.8 Å². The maximum absolute atomic E-state index is 12.9. The topological polar surface area (TPSA) is 81.3 Å². The van der Waals surface area contributed by atoms with Crippen molar-refractivity contribution in [2.45, 2.75) is 32.1 Å². The number of sulfonamides is 1. The molecule has 1 heterocycles. The molecule has 0 radical (unpaired) electrons. The molecule has 3 aromatic rings. The van der Waals surface area contributed by atoms with Gasteiger partial charge in [-0.2, -0.15) is 0 Å². The normalized spacial score (nSPS) is 11.8. The standard InChI is InChI=1S/C18H20N2O4S/c1-5-13-8-6-7-11(2)17(13)19-25(22,23)16-10-15-14(9-12(16)3)20(4)18(21)24-15/h6-10,19H,5H2,1-4H3. The third-order valence-corrected chi connectivity index (χ3v) is 5.85. The van der Waals surface area contributed by atoms with Crippen molar-refractivity contribution in [1.82, 2.24) is 4.57 Å². The molecular formula is C18H20N2O4S. The van der Waals surface area contributed by atoms with Crippen LogP contribution < -0.4 is 10.5 Å². The number of hydrogen-bond donors (Lipinski definition) is 1. The number of nitrogens with one attached hydrogen (secondary N) is 1. The molecule has 25 heavy (non-hydrogen) atoms. The van der Waals surface area contributed by atoms with Crippen LogP contribution in [0.15, 0.2) is 44.4 Å². The summed E-state index contributed by atoms with van der Waals surface area (Å²) in [7, 11) is -2.23. The molecule has 0 unspecified atom stereocenters. The first-order valence-corrected chi connectivity index (χ1v) is 9.44. The van der Waals surface area contributed by atoms with Gasteiger partial charge in [0.25, 0.3) is 10.0 Å². The zero-order chi connectivity index (χ0) is 18.4. The highest BCUT2D eigenvalue weighted by atomic mass is 32.2. The zero-order valence-corrected chi connectivity index (χ0v) is 15.4. The summed E-state index contributed by atoms with van der Waals surface area (Å²) in [6, 6.07) is 8.72. The number of aromatic nitrogens is 1. The Hall–Kier alpha value is -2.54. The van der Waals surface area contributed by atoms with Crippen molar-refractivity contribution in [1.29, 1.82) is 0 Å². The second kappa shape index (κ2) is 6.07. The summed E-state index contributed by atoms with van der Waals surface area (Å²) in [6.45, 7) is 5.54. The molecule has 2 aromatic carbocycles. The predicted molar refractivity (Wildman–Crippen MR) is 97.6 cm³/mol. The van der Waals surface area contributed by atoms with Crippen LogP contribution in [0, 0.1) is 13.8 Å². The molecule has 3 rings (SSSR count). The summed E-state index contributed by atoms with van der Waals surface area (Å²) in [6.07, 6.45) is 0.713. The molecule has 0 spiro atoms. The Morgan fingerprint density at radius 1 is 1.16 bits per heavy atom. The van der Waals surface area contributed by atoms with Gasteiger partial charge in [-0.25, -0.2) is 13.2 Å². The molecule has 6 nitrogen and oxygen atoms in total. The summed E-state index contributed by atoms with van der Waals surface area (Å²) in [5.74, 6) is -0.524. The summed E-state index contributed by atoms with van der Waals surface area (Å²) < 4.78 is 35.0. The van der Waals surface area contributed by atoms with E-state index in [1.807, 2.05) is 32.0 Å². The van der Waals surface area contributed by atoms with Crippen molar-refractivity contribution in [3.05, 3.63) is 57.6 Å². The lowest BCUT2D eigenvalue weighted by Gasteiger charge is -2.15. The zero-order valence-electron chi connectivity index (χ0n) is 14.6. The fraction of sp³-hybridized carbons (Fsp3) is 0.278. The molecule has 0 saturated heterocycles. The molecule has 1 aromatic heterocycles. The third kappa shape index (κ3) is 2.95. The summed E-state index contributed by atoms with van der Waals surface area (Å²) in [5.41, 5.74) is 3.73. The number of para-hydroxylation sites is 1. The minimum atomic E-state index is -3.82. The van der Waals surface area contributed by atoms with Crippen LogP contribution in [0.5, 0.6) is 0 Å². The van der Waals surface area contributed by atoms with E-state index >= 15 is 0 Å². The van der Waals surface area contributed by atoms with Gasteiger partial charge in [-0.15, -0.1) is 0 Å². The fourth-order valence-electron chi connectivity index (χ4n) is 2.91. The average molecular weight is 360 g/mol. The van der Waals surface area contributed by atoms with Crippen molar-refractivity contribution in [2.75, 3.05) is 4.72 Å². The Morgan fingerprint density at radius 3 is 2.56 bits per heavy atom. The predicted octanol–water partition coefficient (Wildman–Crippen LogP) is 3.11. The van der Waals surface area contributed by atoms with E-state index in [1.54, 1.807) is 20.0 Å². The number of nitrogens with zero attached hydrogens (tertiary/aromatic N) is 1. The third-order valence-electron chi connectivity index (χ3n) is 4.35. The average Bonchev–Trinajstić information content (AvgIpc) is 2.83. The Kier molecular flexibility index (Phi) is 4.20. The van der Waals surface area contributed by atoms with Crippen molar-refractivity contribution in [3.63, 3.8) is 0 Å². The molecule has 0 fully saturated rings. The van der Waals surface area contributed by atoms with Crippen LogP contribution >= 0.6 is 0 Å². The lowest BCUT2D eigenvalue weighted by atomic mass is 10.1. The highest BCUT2D eigenvalue weighted by molar-refractivity contribution is 7.92. The van der Waals surface area contributed by atoms with Gasteiger partial charge in [0.1, 0.15) is 0 Å². The number of rotatable bonds is 4. The number of hydrogen-bond acceptors (Lipinski definition) is 4. The highest BCUT2D eigenvalue weighted by Gasteiger charge is 2.21. The van der Waals surface area contributed by atoms with E-state index in [0.29, 0.717) is 23.2 Å².